The maximum absolute atomic E-state index is 14.2. The van der Waals surface area contributed by atoms with Crippen LogP contribution in [-0.4, -0.2) is 38.1 Å². The number of likely N-dealkylation sites (N-methyl/N-ethyl adjacent to an activating group) is 2. The Balaban J connectivity index is 2.24. The van der Waals surface area contributed by atoms with E-state index in [0.29, 0.717) is 17.4 Å². The predicted molar refractivity (Wildman–Crippen MR) is 79.2 cm³/mol. The summed E-state index contributed by atoms with van der Waals surface area (Å²) in [6.07, 6.45) is 2.29. The van der Waals surface area contributed by atoms with Gasteiger partial charge in [0.2, 0.25) is 0 Å². The highest BCUT2D eigenvalue weighted by Gasteiger charge is 2.25. The first-order chi connectivity index (χ1) is 8.91. The van der Waals surface area contributed by atoms with E-state index in [9.17, 15) is 4.39 Å². The normalized spacial score (nSPS) is 19.9. The van der Waals surface area contributed by atoms with Crippen LogP contribution in [0.4, 0.5) is 21.5 Å². The number of hydrogen-bond acceptors (Lipinski definition) is 4. The highest BCUT2D eigenvalue weighted by molar-refractivity contribution is 6.33. The maximum Gasteiger partial charge on any atom is 0.169 e. The second kappa shape index (κ2) is 5.43. The van der Waals surface area contributed by atoms with Crippen molar-refractivity contribution in [2.75, 3.05) is 43.6 Å². The minimum absolute atomic E-state index is 0.0594. The zero-order valence-electron chi connectivity index (χ0n) is 11.3. The van der Waals surface area contributed by atoms with E-state index in [0.717, 1.165) is 19.5 Å². The lowest BCUT2D eigenvalue weighted by Gasteiger charge is -2.28. The average Bonchev–Trinajstić information content (AvgIpc) is 2.72. The van der Waals surface area contributed by atoms with Gasteiger partial charge in [-0.1, -0.05) is 11.6 Å². The third-order valence-electron chi connectivity index (χ3n) is 3.78. The molecule has 1 heterocycles. The Labute approximate surface area is 118 Å². The second-order valence-corrected chi connectivity index (χ2v) is 5.57. The first-order valence-electron chi connectivity index (χ1n) is 6.36. The van der Waals surface area contributed by atoms with Crippen LogP contribution in [0.15, 0.2) is 6.07 Å². The number of nitrogens with two attached hydrogens (primary N) is 2. The van der Waals surface area contributed by atoms with Gasteiger partial charge >= 0.3 is 0 Å². The van der Waals surface area contributed by atoms with Crippen LogP contribution in [0.5, 0.6) is 0 Å². The van der Waals surface area contributed by atoms with Gasteiger partial charge in [-0.25, -0.2) is 4.39 Å². The molecule has 1 unspecified atom stereocenters. The van der Waals surface area contributed by atoms with Crippen molar-refractivity contribution in [2.45, 2.75) is 18.9 Å². The first-order valence-corrected chi connectivity index (χ1v) is 6.74. The molecule has 0 amide bonds. The quantitative estimate of drug-likeness (QED) is 0.836. The van der Waals surface area contributed by atoms with Gasteiger partial charge in [-0.15, -0.1) is 0 Å². The lowest BCUT2D eigenvalue weighted by Crippen LogP contribution is -2.37. The van der Waals surface area contributed by atoms with Crippen LogP contribution in [-0.2, 0) is 0 Å². The minimum Gasteiger partial charge on any atom is -0.397 e. The molecule has 1 atom stereocenters. The van der Waals surface area contributed by atoms with Crippen LogP contribution >= 0.6 is 11.6 Å². The summed E-state index contributed by atoms with van der Waals surface area (Å²) in [5.74, 6) is -0.540. The Hall–Kier alpha value is -1.20. The summed E-state index contributed by atoms with van der Waals surface area (Å²) in [4.78, 5) is 4.10. The minimum atomic E-state index is -0.540. The molecular weight excluding hydrogens is 267 g/mol. The molecule has 0 saturated carbocycles. The third-order valence-corrected chi connectivity index (χ3v) is 4.16. The second-order valence-electron chi connectivity index (χ2n) is 5.19. The fourth-order valence-electron chi connectivity index (χ4n) is 2.66. The molecule has 0 aliphatic carbocycles. The lowest BCUT2D eigenvalue weighted by atomic mass is 10.1. The summed E-state index contributed by atoms with van der Waals surface area (Å²) in [5, 5.41) is -0.0594. The van der Waals surface area contributed by atoms with Crippen molar-refractivity contribution < 1.29 is 4.39 Å². The van der Waals surface area contributed by atoms with Crippen molar-refractivity contribution in [1.82, 2.24) is 4.90 Å². The summed E-state index contributed by atoms with van der Waals surface area (Å²) in [5.41, 5.74) is 12.3. The molecule has 2 rings (SSSR count). The molecular formula is C13H20ClFN4. The van der Waals surface area contributed by atoms with E-state index in [1.807, 2.05) is 11.9 Å². The SMILES string of the molecule is CN(CC1CCCN1C)c1c(N)cc(N)c(Cl)c1F. The molecule has 19 heavy (non-hydrogen) atoms. The van der Waals surface area contributed by atoms with E-state index in [1.54, 1.807) is 0 Å². The van der Waals surface area contributed by atoms with Crippen molar-refractivity contribution in [2.24, 2.45) is 0 Å². The molecule has 1 aliphatic rings. The Morgan fingerprint density at radius 2 is 2.16 bits per heavy atom. The average molecular weight is 287 g/mol. The number of hydrogen-bond donors (Lipinski definition) is 2. The van der Waals surface area contributed by atoms with E-state index in [4.69, 9.17) is 23.1 Å². The van der Waals surface area contributed by atoms with Crippen LogP contribution in [0, 0.1) is 5.82 Å². The Bertz CT molecular complexity index is 480. The Morgan fingerprint density at radius 3 is 2.74 bits per heavy atom. The van der Waals surface area contributed by atoms with Crippen LogP contribution < -0.4 is 16.4 Å². The maximum atomic E-state index is 14.2. The number of anilines is 3. The number of nitrogens with zero attached hydrogens (tertiary/aromatic N) is 2. The van der Waals surface area contributed by atoms with Gasteiger partial charge in [0, 0.05) is 19.6 Å². The Morgan fingerprint density at radius 1 is 1.47 bits per heavy atom. The summed E-state index contributed by atoms with van der Waals surface area (Å²) in [6.45, 7) is 1.80. The van der Waals surface area contributed by atoms with Gasteiger partial charge in [0.15, 0.2) is 5.82 Å². The van der Waals surface area contributed by atoms with Gasteiger partial charge < -0.3 is 21.3 Å². The van der Waals surface area contributed by atoms with E-state index in [1.165, 1.54) is 12.5 Å². The standard InChI is InChI=1S/C13H20ClFN4/c1-18-5-3-4-8(18)7-19(2)13-10(17)6-9(16)11(14)12(13)15/h6,8H,3-5,7,16-17H2,1-2H3. The fourth-order valence-corrected chi connectivity index (χ4v) is 2.81. The molecule has 4 N–H and O–H groups in total. The number of nitrogen functional groups attached to an aromatic ring is 2. The molecule has 0 spiro atoms. The molecule has 0 aromatic heterocycles. The number of rotatable bonds is 3. The van der Waals surface area contributed by atoms with Crippen molar-refractivity contribution in [1.29, 1.82) is 0 Å². The first kappa shape index (κ1) is 14.2. The molecule has 1 fully saturated rings. The van der Waals surface area contributed by atoms with E-state index in [2.05, 4.69) is 11.9 Å². The van der Waals surface area contributed by atoms with Crippen molar-refractivity contribution in [3.63, 3.8) is 0 Å². The van der Waals surface area contributed by atoms with Gasteiger partial charge in [0.1, 0.15) is 5.02 Å². The monoisotopic (exact) mass is 286 g/mol. The van der Waals surface area contributed by atoms with Crippen molar-refractivity contribution in [3.8, 4) is 0 Å². The Kier molecular flexibility index (Phi) is 4.06. The van der Waals surface area contributed by atoms with Gasteiger partial charge in [-0.05, 0) is 32.5 Å². The van der Waals surface area contributed by atoms with Crippen LogP contribution in [0.3, 0.4) is 0 Å². The van der Waals surface area contributed by atoms with E-state index in [-0.39, 0.29) is 10.7 Å². The predicted octanol–water partition coefficient (Wildman–Crippen LogP) is 2.17. The summed E-state index contributed by atoms with van der Waals surface area (Å²) >= 11 is 5.85. The van der Waals surface area contributed by atoms with E-state index >= 15 is 0 Å². The summed E-state index contributed by atoms with van der Waals surface area (Å²) in [7, 11) is 3.91. The zero-order chi connectivity index (χ0) is 14.2. The number of benzene rings is 1. The van der Waals surface area contributed by atoms with Crippen LogP contribution in [0.1, 0.15) is 12.8 Å². The third kappa shape index (κ3) is 2.72. The molecule has 106 valence electrons. The molecule has 6 heteroatoms. The number of halogens is 2. The van der Waals surface area contributed by atoms with E-state index < -0.39 is 5.82 Å². The topological polar surface area (TPSA) is 58.5 Å². The molecule has 0 bridgehead atoms. The zero-order valence-corrected chi connectivity index (χ0v) is 12.0. The smallest absolute Gasteiger partial charge is 0.169 e. The van der Waals surface area contributed by atoms with Crippen LogP contribution in [0.25, 0.3) is 0 Å². The summed E-state index contributed by atoms with van der Waals surface area (Å²) < 4.78 is 14.2. The molecule has 1 aromatic rings. The molecule has 1 aliphatic heterocycles. The van der Waals surface area contributed by atoms with Crippen LogP contribution in [0.2, 0.25) is 5.02 Å². The highest BCUT2D eigenvalue weighted by atomic mass is 35.5. The van der Waals surface area contributed by atoms with Crippen molar-refractivity contribution >= 4 is 28.7 Å². The van der Waals surface area contributed by atoms with Gasteiger partial charge in [-0.3, -0.25) is 0 Å². The fraction of sp³-hybridized carbons (Fsp3) is 0.538. The summed E-state index contributed by atoms with van der Waals surface area (Å²) in [6, 6.07) is 1.93. The van der Waals surface area contributed by atoms with Gasteiger partial charge in [0.05, 0.1) is 17.1 Å². The largest absolute Gasteiger partial charge is 0.397 e. The molecule has 0 radical (unpaired) electrons. The van der Waals surface area contributed by atoms with Gasteiger partial charge in [-0.2, -0.15) is 0 Å². The molecule has 1 saturated heterocycles. The van der Waals surface area contributed by atoms with Crippen molar-refractivity contribution in [3.05, 3.63) is 16.9 Å². The number of likely N-dealkylation sites (tertiary alicyclic amines) is 1. The lowest BCUT2D eigenvalue weighted by molar-refractivity contribution is 0.314. The highest BCUT2D eigenvalue weighted by Crippen LogP contribution is 2.36. The molecule has 4 nitrogen and oxygen atoms in total. The van der Waals surface area contributed by atoms with Gasteiger partial charge in [0.25, 0.3) is 0 Å². The molecule has 1 aromatic carbocycles.